The first-order valence-electron chi connectivity index (χ1n) is 8.42. The fraction of sp³-hybridized carbons (Fsp3) is 0.667. The largest absolute Gasteiger partial charge is 0.367 e. The number of hydrogen-bond acceptors (Lipinski definition) is 3. The van der Waals surface area contributed by atoms with Gasteiger partial charge in [0.05, 0.1) is 0 Å². The molecule has 1 aliphatic rings. The summed E-state index contributed by atoms with van der Waals surface area (Å²) in [4.78, 5) is 5.13. The highest BCUT2D eigenvalue weighted by molar-refractivity contribution is 5.56. The number of nitrogens with one attached hydrogen (secondary N) is 1. The molecule has 0 aliphatic carbocycles. The van der Waals surface area contributed by atoms with Crippen molar-refractivity contribution in [2.75, 3.05) is 38.6 Å². The third-order valence-corrected chi connectivity index (χ3v) is 4.75. The van der Waals surface area contributed by atoms with Crippen molar-refractivity contribution < 1.29 is 0 Å². The Kier molecular flexibility index (Phi) is 6.07. The maximum Gasteiger partial charge on any atom is 0.0417 e. The predicted octanol–water partition coefficient (Wildman–Crippen LogP) is 3.28. The summed E-state index contributed by atoms with van der Waals surface area (Å²) >= 11 is 0. The van der Waals surface area contributed by atoms with Crippen LogP contribution in [0.4, 0.5) is 5.69 Å². The molecule has 0 aromatic heterocycles. The van der Waals surface area contributed by atoms with Gasteiger partial charge in [-0.3, -0.25) is 0 Å². The standard InChI is InChI=1S/C18H31N3/c1-5-15-14-20(4)12-9-13-21(15)18-11-8-7-10-16(18)17(6-2)19-3/h7-8,10-11,15,17,19H,5-6,9,12-14H2,1-4H3. The Hall–Kier alpha value is -1.06. The van der Waals surface area contributed by atoms with Gasteiger partial charge in [-0.1, -0.05) is 32.0 Å². The molecule has 0 bridgehead atoms. The quantitative estimate of drug-likeness (QED) is 0.897. The molecule has 0 saturated carbocycles. The van der Waals surface area contributed by atoms with Crippen LogP contribution >= 0.6 is 0 Å². The van der Waals surface area contributed by atoms with Crippen molar-refractivity contribution in [1.29, 1.82) is 0 Å². The zero-order chi connectivity index (χ0) is 15.2. The third-order valence-electron chi connectivity index (χ3n) is 4.75. The van der Waals surface area contributed by atoms with E-state index in [4.69, 9.17) is 0 Å². The first-order valence-corrected chi connectivity index (χ1v) is 8.42. The molecule has 1 aromatic rings. The summed E-state index contributed by atoms with van der Waals surface area (Å²) in [5.41, 5.74) is 2.88. The molecule has 2 rings (SSSR count). The fourth-order valence-electron chi connectivity index (χ4n) is 3.53. The summed E-state index contributed by atoms with van der Waals surface area (Å²) in [5, 5.41) is 3.47. The zero-order valence-electron chi connectivity index (χ0n) is 14.1. The number of nitrogens with zero attached hydrogens (tertiary/aromatic N) is 2. The Labute approximate surface area is 130 Å². The van der Waals surface area contributed by atoms with Crippen LogP contribution in [-0.2, 0) is 0 Å². The molecule has 1 aromatic carbocycles. The van der Waals surface area contributed by atoms with E-state index < -0.39 is 0 Å². The average Bonchev–Trinajstić information content (AvgIpc) is 2.70. The minimum absolute atomic E-state index is 0.444. The highest BCUT2D eigenvalue weighted by atomic mass is 15.2. The molecule has 0 spiro atoms. The van der Waals surface area contributed by atoms with Crippen molar-refractivity contribution in [1.82, 2.24) is 10.2 Å². The molecule has 1 saturated heterocycles. The van der Waals surface area contributed by atoms with Crippen molar-refractivity contribution in [2.45, 2.75) is 45.2 Å². The summed E-state index contributed by atoms with van der Waals surface area (Å²) in [5.74, 6) is 0. The Balaban J connectivity index is 2.34. The smallest absolute Gasteiger partial charge is 0.0417 e. The number of hydrogen-bond donors (Lipinski definition) is 1. The lowest BCUT2D eigenvalue weighted by atomic mass is 10.00. The molecule has 1 N–H and O–H groups in total. The molecule has 2 unspecified atom stereocenters. The highest BCUT2D eigenvalue weighted by Crippen LogP contribution is 2.31. The molecule has 21 heavy (non-hydrogen) atoms. The minimum atomic E-state index is 0.444. The molecule has 118 valence electrons. The van der Waals surface area contributed by atoms with E-state index in [9.17, 15) is 0 Å². The van der Waals surface area contributed by atoms with E-state index in [1.807, 2.05) is 0 Å². The molecular formula is C18H31N3. The van der Waals surface area contributed by atoms with E-state index in [-0.39, 0.29) is 0 Å². The lowest BCUT2D eigenvalue weighted by Gasteiger charge is -2.35. The molecule has 2 atom stereocenters. The molecule has 3 heteroatoms. The van der Waals surface area contributed by atoms with E-state index in [2.05, 4.69) is 67.3 Å². The first-order chi connectivity index (χ1) is 10.2. The van der Waals surface area contributed by atoms with Crippen LogP contribution in [0.2, 0.25) is 0 Å². The van der Waals surface area contributed by atoms with Crippen LogP contribution in [0.3, 0.4) is 0 Å². The number of rotatable bonds is 5. The zero-order valence-corrected chi connectivity index (χ0v) is 14.1. The van der Waals surface area contributed by atoms with Gasteiger partial charge >= 0.3 is 0 Å². The first kappa shape index (κ1) is 16.3. The number of likely N-dealkylation sites (N-methyl/N-ethyl adjacent to an activating group) is 1. The fourth-order valence-corrected chi connectivity index (χ4v) is 3.53. The van der Waals surface area contributed by atoms with Gasteiger partial charge in [0.25, 0.3) is 0 Å². The summed E-state index contributed by atoms with van der Waals surface area (Å²) in [7, 11) is 4.32. The Bertz CT molecular complexity index is 428. The van der Waals surface area contributed by atoms with Crippen LogP contribution in [0.25, 0.3) is 0 Å². The monoisotopic (exact) mass is 289 g/mol. The second-order valence-corrected chi connectivity index (χ2v) is 6.18. The molecular weight excluding hydrogens is 258 g/mol. The van der Waals surface area contributed by atoms with Gasteiger partial charge in [0, 0.05) is 30.9 Å². The summed E-state index contributed by atoms with van der Waals surface area (Å²) in [6.07, 6.45) is 3.57. The molecule has 3 nitrogen and oxygen atoms in total. The normalized spacial score (nSPS) is 22.1. The third kappa shape index (κ3) is 3.78. The van der Waals surface area contributed by atoms with Crippen molar-refractivity contribution >= 4 is 5.69 Å². The van der Waals surface area contributed by atoms with Gasteiger partial charge < -0.3 is 15.1 Å². The average molecular weight is 289 g/mol. The van der Waals surface area contributed by atoms with Gasteiger partial charge in [-0.15, -0.1) is 0 Å². The number of para-hydroxylation sites is 1. The van der Waals surface area contributed by atoms with Gasteiger partial charge in [0.1, 0.15) is 0 Å². The van der Waals surface area contributed by atoms with E-state index >= 15 is 0 Å². The molecule has 0 amide bonds. The molecule has 1 heterocycles. The van der Waals surface area contributed by atoms with Crippen LogP contribution in [-0.4, -0.2) is 44.7 Å². The van der Waals surface area contributed by atoms with Gasteiger partial charge in [-0.05, 0) is 51.5 Å². The van der Waals surface area contributed by atoms with Gasteiger partial charge in [0.2, 0.25) is 0 Å². The lowest BCUT2D eigenvalue weighted by molar-refractivity contribution is 0.328. The van der Waals surface area contributed by atoms with E-state index in [0.717, 1.165) is 6.42 Å². The van der Waals surface area contributed by atoms with Crippen LogP contribution in [0, 0.1) is 0 Å². The maximum atomic E-state index is 3.47. The molecule has 1 fully saturated rings. The van der Waals surface area contributed by atoms with E-state index in [1.165, 1.54) is 43.7 Å². The van der Waals surface area contributed by atoms with E-state index in [0.29, 0.717) is 12.1 Å². The SMILES string of the molecule is CCC(NC)c1ccccc1N1CCCN(C)CC1CC. The number of anilines is 1. The van der Waals surface area contributed by atoms with Gasteiger partial charge in [-0.25, -0.2) is 0 Å². The van der Waals surface area contributed by atoms with Gasteiger partial charge in [0.15, 0.2) is 0 Å². The van der Waals surface area contributed by atoms with Crippen LogP contribution in [0.15, 0.2) is 24.3 Å². The van der Waals surface area contributed by atoms with Crippen LogP contribution < -0.4 is 10.2 Å². The lowest BCUT2D eigenvalue weighted by Crippen LogP contribution is -2.40. The summed E-state index contributed by atoms with van der Waals surface area (Å²) in [6.45, 7) is 8.11. The van der Waals surface area contributed by atoms with Crippen molar-refractivity contribution in [3.63, 3.8) is 0 Å². The minimum Gasteiger partial charge on any atom is -0.367 e. The predicted molar refractivity (Wildman–Crippen MR) is 92.1 cm³/mol. The van der Waals surface area contributed by atoms with Crippen molar-refractivity contribution in [3.05, 3.63) is 29.8 Å². The van der Waals surface area contributed by atoms with Crippen LogP contribution in [0.1, 0.15) is 44.7 Å². The van der Waals surface area contributed by atoms with E-state index in [1.54, 1.807) is 0 Å². The Morgan fingerprint density at radius 1 is 1.24 bits per heavy atom. The Morgan fingerprint density at radius 2 is 2.00 bits per heavy atom. The van der Waals surface area contributed by atoms with Crippen LogP contribution in [0.5, 0.6) is 0 Å². The summed E-state index contributed by atoms with van der Waals surface area (Å²) < 4.78 is 0. The second-order valence-electron chi connectivity index (χ2n) is 6.18. The van der Waals surface area contributed by atoms with Crippen molar-refractivity contribution in [2.24, 2.45) is 0 Å². The maximum absolute atomic E-state index is 3.47. The molecule has 0 radical (unpaired) electrons. The topological polar surface area (TPSA) is 18.5 Å². The van der Waals surface area contributed by atoms with Gasteiger partial charge in [-0.2, -0.15) is 0 Å². The highest BCUT2D eigenvalue weighted by Gasteiger charge is 2.25. The Morgan fingerprint density at radius 3 is 2.67 bits per heavy atom. The number of benzene rings is 1. The molecule has 1 aliphatic heterocycles. The summed E-state index contributed by atoms with van der Waals surface area (Å²) in [6, 6.07) is 10.0. The van der Waals surface area contributed by atoms with Crippen molar-refractivity contribution in [3.8, 4) is 0 Å². The second kappa shape index (κ2) is 7.81.